The summed E-state index contributed by atoms with van der Waals surface area (Å²) in [5.74, 6) is 0. The van der Waals surface area contributed by atoms with Crippen molar-refractivity contribution in [2.24, 2.45) is 0 Å². The van der Waals surface area contributed by atoms with Crippen molar-refractivity contribution in [2.75, 3.05) is 18.1 Å². The van der Waals surface area contributed by atoms with E-state index in [4.69, 9.17) is 11.6 Å². The van der Waals surface area contributed by atoms with Crippen LogP contribution in [0.2, 0.25) is 5.02 Å². The molecule has 1 saturated heterocycles. The standard InChI is InChI=1S/C14H20ClNO2/c15-13-6-4-7-14(12(13)10-18)16-8-3-1-2-5-11(16)9-17/h4,6-7,11,17-18H,1-3,5,8-10H2. The van der Waals surface area contributed by atoms with Gasteiger partial charge in [-0.2, -0.15) is 0 Å². The second kappa shape index (κ2) is 6.41. The summed E-state index contributed by atoms with van der Waals surface area (Å²) in [7, 11) is 0. The normalized spacial score (nSPS) is 20.8. The van der Waals surface area contributed by atoms with Gasteiger partial charge in [0.15, 0.2) is 0 Å². The fourth-order valence-corrected chi connectivity index (χ4v) is 2.89. The van der Waals surface area contributed by atoms with Crippen molar-refractivity contribution in [1.29, 1.82) is 0 Å². The van der Waals surface area contributed by atoms with Crippen LogP contribution in [0.4, 0.5) is 5.69 Å². The lowest BCUT2D eigenvalue weighted by molar-refractivity contribution is 0.253. The zero-order valence-corrected chi connectivity index (χ0v) is 11.2. The van der Waals surface area contributed by atoms with E-state index in [9.17, 15) is 10.2 Å². The van der Waals surface area contributed by atoms with Gasteiger partial charge in [-0.1, -0.05) is 30.5 Å². The van der Waals surface area contributed by atoms with Crippen molar-refractivity contribution >= 4 is 17.3 Å². The molecule has 1 heterocycles. The summed E-state index contributed by atoms with van der Waals surface area (Å²) in [6.07, 6.45) is 4.46. The van der Waals surface area contributed by atoms with Crippen molar-refractivity contribution in [3.05, 3.63) is 28.8 Å². The maximum atomic E-state index is 9.54. The number of nitrogens with zero attached hydrogens (tertiary/aromatic N) is 1. The minimum absolute atomic E-state index is 0.0658. The SMILES string of the molecule is OCc1c(Cl)cccc1N1CCCCCC1CO. The molecule has 0 bridgehead atoms. The lowest BCUT2D eigenvalue weighted by Gasteiger charge is -2.32. The van der Waals surface area contributed by atoms with E-state index in [1.54, 1.807) is 6.07 Å². The number of aliphatic hydroxyl groups excluding tert-OH is 2. The number of halogens is 1. The molecular weight excluding hydrogens is 250 g/mol. The Bertz CT molecular complexity index is 397. The molecule has 0 aliphatic carbocycles. The highest BCUT2D eigenvalue weighted by atomic mass is 35.5. The number of benzene rings is 1. The van der Waals surface area contributed by atoms with Crippen molar-refractivity contribution < 1.29 is 10.2 Å². The van der Waals surface area contributed by atoms with Gasteiger partial charge in [0.05, 0.1) is 19.3 Å². The van der Waals surface area contributed by atoms with Crippen LogP contribution in [0, 0.1) is 0 Å². The highest BCUT2D eigenvalue weighted by molar-refractivity contribution is 6.31. The second-order valence-corrected chi connectivity index (χ2v) is 5.18. The van der Waals surface area contributed by atoms with E-state index in [1.807, 2.05) is 12.1 Å². The molecule has 0 spiro atoms. The van der Waals surface area contributed by atoms with Gasteiger partial charge in [-0.3, -0.25) is 0 Å². The Morgan fingerprint density at radius 1 is 1.22 bits per heavy atom. The molecule has 0 aromatic heterocycles. The molecule has 0 amide bonds. The Labute approximate surface area is 113 Å². The third-order valence-electron chi connectivity index (χ3n) is 3.65. The third-order valence-corrected chi connectivity index (χ3v) is 4.00. The predicted octanol–water partition coefficient (Wildman–Crippen LogP) is 2.57. The van der Waals surface area contributed by atoms with Crippen LogP contribution in [-0.4, -0.2) is 29.4 Å². The molecule has 0 radical (unpaired) electrons. The maximum Gasteiger partial charge on any atom is 0.0716 e. The summed E-state index contributed by atoms with van der Waals surface area (Å²) >= 11 is 6.13. The summed E-state index contributed by atoms with van der Waals surface area (Å²) < 4.78 is 0. The van der Waals surface area contributed by atoms with Gasteiger partial charge in [-0.15, -0.1) is 0 Å². The molecule has 2 N–H and O–H groups in total. The first-order valence-corrected chi connectivity index (χ1v) is 6.91. The quantitative estimate of drug-likeness (QED) is 0.886. The van der Waals surface area contributed by atoms with Gasteiger partial charge in [-0.05, 0) is 25.0 Å². The zero-order chi connectivity index (χ0) is 13.0. The molecule has 1 aromatic rings. The predicted molar refractivity (Wildman–Crippen MR) is 74.1 cm³/mol. The number of aliphatic hydroxyl groups is 2. The Kier molecular flexibility index (Phi) is 4.87. The van der Waals surface area contributed by atoms with Crippen LogP contribution < -0.4 is 4.90 Å². The van der Waals surface area contributed by atoms with Gasteiger partial charge in [0.25, 0.3) is 0 Å². The van der Waals surface area contributed by atoms with Crippen LogP contribution in [0.25, 0.3) is 0 Å². The topological polar surface area (TPSA) is 43.7 Å². The lowest BCUT2D eigenvalue weighted by atomic mass is 10.1. The van der Waals surface area contributed by atoms with Crippen LogP contribution in [0.1, 0.15) is 31.2 Å². The van der Waals surface area contributed by atoms with E-state index in [2.05, 4.69) is 4.90 Å². The zero-order valence-electron chi connectivity index (χ0n) is 10.5. The third kappa shape index (κ3) is 2.79. The van der Waals surface area contributed by atoms with E-state index in [0.29, 0.717) is 5.02 Å². The largest absolute Gasteiger partial charge is 0.394 e. The molecule has 1 aliphatic heterocycles. The average molecular weight is 270 g/mol. The Morgan fingerprint density at radius 2 is 2.06 bits per heavy atom. The highest BCUT2D eigenvalue weighted by Gasteiger charge is 2.23. The van der Waals surface area contributed by atoms with Crippen molar-refractivity contribution in [3.8, 4) is 0 Å². The molecule has 1 aromatic carbocycles. The Balaban J connectivity index is 2.35. The monoisotopic (exact) mass is 269 g/mol. The molecule has 1 aliphatic rings. The molecule has 1 unspecified atom stereocenters. The van der Waals surface area contributed by atoms with Gasteiger partial charge in [0.2, 0.25) is 0 Å². The maximum absolute atomic E-state index is 9.54. The van der Waals surface area contributed by atoms with Crippen molar-refractivity contribution in [2.45, 2.75) is 38.3 Å². The van der Waals surface area contributed by atoms with Gasteiger partial charge in [0.1, 0.15) is 0 Å². The molecule has 2 rings (SSSR count). The minimum atomic E-state index is -0.0658. The Hall–Kier alpha value is -0.770. The summed E-state index contributed by atoms with van der Waals surface area (Å²) in [5, 5.41) is 19.6. The highest BCUT2D eigenvalue weighted by Crippen LogP contribution is 2.31. The summed E-state index contributed by atoms with van der Waals surface area (Å²) in [6, 6.07) is 5.81. The molecule has 100 valence electrons. The summed E-state index contributed by atoms with van der Waals surface area (Å²) in [5.41, 5.74) is 1.73. The van der Waals surface area contributed by atoms with E-state index in [0.717, 1.165) is 37.1 Å². The van der Waals surface area contributed by atoms with Crippen LogP contribution in [-0.2, 0) is 6.61 Å². The second-order valence-electron chi connectivity index (χ2n) is 4.77. The molecule has 18 heavy (non-hydrogen) atoms. The molecular formula is C14H20ClNO2. The first-order valence-electron chi connectivity index (χ1n) is 6.53. The van der Waals surface area contributed by atoms with Crippen LogP contribution in [0.15, 0.2) is 18.2 Å². The van der Waals surface area contributed by atoms with Gasteiger partial charge >= 0.3 is 0 Å². The molecule has 3 nitrogen and oxygen atoms in total. The average Bonchev–Trinajstić information content (AvgIpc) is 2.63. The minimum Gasteiger partial charge on any atom is -0.394 e. The van der Waals surface area contributed by atoms with E-state index in [1.165, 1.54) is 6.42 Å². The van der Waals surface area contributed by atoms with Crippen molar-refractivity contribution in [1.82, 2.24) is 0 Å². The van der Waals surface area contributed by atoms with E-state index in [-0.39, 0.29) is 19.3 Å². The van der Waals surface area contributed by atoms with Crippen LogP contribution >= 0.6 is 11.6 Å². The Morgan fingerprint density at radius 3 is 2.78 bits per heavy atom. The number of rotatable bonds is 3. The number of hydrogen-bond donors (Lipinski definition) is 2. The number of hydrogen-bond acceptors (Lipinski definition) is 3. The van der Waals surface area contributed by atoms with Gasteiger partial charge in [-0.25, -0.2) is 0 Å². The van der Waals surface area contributed by atoms with Gasteiger partial charge < -0.3 is 15.1 Å². The number of anilines is 1. The van der Waals surface area contributed by atoms with E-state index >= 15 is 0 Å². The van der Waals surface area contributed by atoms with Gasteiger partial charge in [0, 0.05) is 22.8 Å². The van der Waals surface area contributed by atoms with Crippen molar-refractivity contribution in [3.63, 3.8) is 0 Å². The fraction of sp³-hybridized carbons (Fsp3) is 0.571. The van der Waals surface area contributed by atoms with Crippen LogP contribution in [0.5, 0.6) is 0 Å². The fourth-order valence-electron chi connectivity index (χ4n) is 2.66. The molecule has 0 saturated carbocycles. The van der Waals surface area contributed by atoms with E-state index < -0.39 is 0 Å². The first kappa shape index (κ1) is 13.7. The first-order chi connectivity index (χ1) is 8.77. The lowest BCUT2D eigenvalue weighted by Crippen LogP contribution is -2.38. The molecule has 1 atom stereocenters. The smallest absolute Gasteiger partial charge is 0.0716 e. The molecule has 1 fully saturated rings. The summed E-state index contributed by atoms with van der Waals surface area (Å²) in [4.78, 5) is 2.20. The molecule has 4 heteroatoms. The van der Waals surface area contributed by atoms with Crippen LogP contribution in [0.3, 0.4) is 0 Å². The summed E-state index contributed by atoms with van der Waals surface area (Å²) in [6.45, 7) is 1.000.